The van der Waals surface area contributed by atoms with Crippen molar-refractivity contribution in [2.75, 3.05) is 0 Å². The Kier molecular flexibility index (Phi) is 8.04. The molecule has 0 unspecified atom stereocenters. The summed E-state index contributed by atoms with van der Waals surface area (Å²) in [6.45, 7) is 2.31. The van der Waals surface area contributed by atoms with Crippen LogP contribution in [0.1, 0.15) is 68.6 Å². The first kappa shape index (κ1) is 20.5. The Hall–Kier alpha value is -2.20. The van der Waals surface area contributed by atoms with E-state index in [1.807, 2.05) is 24.3 Å². The molecule has 0 spiro atoms. The van der Waals surface area contributed by atoms with E-state index in [-0.39, 0.29) is 0 Å². The molecule has 1 aliphatic carbocycles. The van der Waals surface area contributed by atoms with E-state index in [2.05, 4.69) is 65.4 Å². The Labute approximate surface area is 175 Å². The first-order chi connectivity index (χ1) is 13.8. The van der Waals surface area contributed by atoms with Crippen molar-refractivity contribution in [2.24, 2.45) is 16.8 Å². The fourth-order valence-electron chi connectivity index (χ4n) is 4.16. The molecule has 1 fully saturated rings. The SMILES string of the molecule is CCCC1CCC(CCc2ccc(C#Cc3ccc(N=C=S)cc3)cc2)CC1. The Balaban J connectivity index is 1.48. The van der Waals surface area contributed by atoms with E-state index >= 15 is 0 Å². The van der Waals surface area contributed by atoms with Gasteiger partial charge in [0.15, 0.2) is 0 Å². The molecule has 2 aromatic carbocycles. The van der Waals surface area contributed by atoms with Crippen LogP contribution in [0.3, 0.4) is 0 Å². The third-order valence-electron chi connectivity index (χ3n) is 5.85. The van der Waals surface area contributed by atoms with Crippen LogP contribution in [0.2, 0.25) is 0 Å². The smallest absolute Gasteiger partial charge is 0.0740 e. The third-order valence-corrected chi connectivity index (χ3v) is 5.94. The highest BCUT2D eigenvalue weighted by molar-refractivity contribution is 7.78. The summed E-state index contributed by atoms with van der Waals surface area (Å²) in [5.74, 6) is 8.39. The third kappa shape index (κ3) is 6.45. The lowest BCUT2D eigenvalue weighted by molar-refractivity contribution is 0.252. The molecule has 144 valence electrons. The highest BCUT2D eigenvalue weighted by Gasteiger charge is 2.20. The fourth-order valence-corrected chi connectivity index (χ4v) is 4.26. The second-order valence-electron chi connectivity index (χ2n) is 7.91. The molecule has 0 aliphatic heterocycles. The zero-order chi connectivity index (χ0) is 19.6. The van der Waals surface area contributed by atoms with Gasteiger partial charge in [0.25, 0.3) is 0 Å². The van der Waals surface area contributed by atoms with Crippen molar-refractivity contribution in [3.63, 3.8) is 0 Å². The number of hydrogen-bond acceptors (Lipinski definition) is 2. The van der Waals surface area contributed by atoms with Crippen LogP contribution >= 0.6 is 12.2 Å². The van der Waals surface area contributed by atoms with Crippen molar-refractivity contribution < 1.29 is 0 Å². The summed E-state index contributed by atoms with van der Waals surface area (Å²) < 4.78 is 0. The molecular weight excluding hydrogens is 358 g/mol. The molecule has 0 N–H and O–H groups in total. The number of aliphatic imine (C=N–C) groups is 1. The average molecular weight is 388 g/mol. The lowest BCUT2D eigenvalue weighted by atomic mass is 9.78. The molecule has 1 aliphatic rings. The van der Waals surface area contributed by atoms with E-state index in [0.717, 1.165) is 28.7 Å². The van der Waals surface area contributed by atoms with Crippen molar-refractivity contribution in [3.8, 4) is 11.8 Å². The second-order valence-corrected chi connectivity index (χ2v) is 8.09. The molecule has 2 aromatic rings. The van der Waals surface area contributed by atoms with Gasteiger partial charge in [-0.2, -0.15) is 4.99 Å². The molecular formula is C26H29NS. The highest BCUT2D eigenvalue weighted by Crippen LogP contribution is 2.33. The second kappa shape index (κ2) is 11.0. The minimum absolute atomic E-state index is 0.809. The number of hydrogen-bond donors (Lipinski definition) is 0. The zero-order valence-corrected chi connectivity index (χ0v) is 17.6. The minimum atomic E-state index is 0.809. The number of isothiocyanates is 1. The Morgan fingerprint density at radius 3 is 1.89 bits per heavy atom. The Bertz CT molecular complexity index is 840. The summed E-state index contributed by atoms with van der Waals surface area (Å²) in [6, 6.07) is 16.5. The maximum absolute atomic E-state index is 4.62. The van der Waals surface area contributed by atoms with Crippen LogP contribution in [0.15, 0.2) is 53.5 Å². The predicted octanol–water partition coefficient (Wildman–Crippen LogP) is 7.36. The molecule has 0 aromatic heterocycles. The maximum Gasteiger partial charge on any atom is 0.0740 e. The van der Waals surface area contributed by atoms with Crippen LogP contribution < -0.4 is 0 Å². The molecule has 1 nitrogen and oxygen atoms in total. The van der Waals surface area contributed by atoms with Crippen molar-refractivity contribution in [2.45, 2.75) is 58.3 Å². The maximum atomic E-state index is 4.62. The van der Waals surface area contributed by atoms with Gasteiger partial charge in [0.1, 0.15) is 0 Å². The zero-order valence-electron chi connectivity index (χ0n) is 16.8. The summed E-state index contributed by atoms with van der Waals surface area (Å²) in [6.07, 6.45) is 11.1. The first-order valence-electron chi connectivity index (χ1n) is 10.6. The van der Waals surface area contributed by atoms with Crippen LogP contribution in [0.5, 0.6) is 0 Å². The van der Waals surface area contributed by atoms with E-state index in [0.29, 0.717) is 0 Å². The van der Waals surface area contributed by atoms with Gasteiger partial charge in [0, 0.05) is 11.1 Å². The summed E-state index contributed by atoms with van der Waals surface area (Å²) in [7, 11) is 0. The molecule has 0 saturated heterocycles. The largest absolute Gasteiger partial charge is 0.195 e. The van der Waals surface area contributed by atoms with Gasteiger partial charge in [-0.3, -0.25) is 0 Å². The summed E-state index contributed by atoms with van der Waals surface area (Å²) >= 11 is 4.62. The number of rotatable bonds is 6. The Morgan fingerprint density at radius 2 is 1.36 bits per heavy atom. The molecule has 0 amide bonds. The summed E-state index contributed by atoms with van der Waals surface area (Å²) in [4.78, 5) is 3.96. The molecule has 3 rings (SSSR count). The van der Waals surface area contributed by atoms with Gasteiger partial charge in [-0.15, -0.1) is 0 Å². The monoisotopic (exact) mass is 387 g/mol. The van der Waals surface area contributed by atoms with Gasteiger partial charge in [0.05, 0.1) is 10.8 Å². The van der Waals surface area contributed by atoms with Crippen molar-refractivity contribution in [1.82, 2.24) is 0 Å². The molecule has 0 atom stereocenters. The van der Waals surface area contributed by atoms with E-state index in [9.17, 15) is 0 Å². The van der Waals surface area contributed by atoms with Gasteiger partial charge in [0.2, 0.25) is 0 Å². The van der Waals surface area contributed by atoms with Crippen LogP contribution in [0.4, 0.5) is 5.69 Å². The number of thiocarbonyl (C=S) groups is 1. The molecule has 0 bridgehead atoms. The molecule has 2 heteroatoms. The highest BCUT2D eigenvalue weighted by atomic mass is 32.1. The lowest BCUT2D eigenvalue weighted by Gasteiger charge is -2.28. The van der Waals surface area contributed by atoms with E-state index < -0.39 is 0 Å². The standard InChI is InChI=1S/C26H29NS/c1-2-3-21-4-6-22(7-5-21)8-9-23-10-12-24(13-11-23)14-15-25-16-18-26(19-17-25)27-20-28/h10-13,16-19,21-22H,2-9H2,1H3. The number of nitrogens with zero attached hydrogens (tertiary/aromatic N) is 1. The molecule has 0 heterocycles. The first-order valence-corrected chi connectivity index (χ1v) is 11.0. The van der Waals surface area contributed by atoms with Crippen LogP contribution in [-0.2, 0) is 6.42 Å². The molecule has 28 heavy (non-hydrogen) atoms. The van der Waals surface area contributed by atoms with Crippen LogP contribution in [-0.4, -0.2) is 5.16 Å². The molecule has 0 radical (unpaired) electrons. The van der Waals surface area contributed by atoms with Crippen molar-refractivity contribution in [3.05, 3.63) is 65.2 Å². The van der Waals surface area contributed by atoms with Gasteiger partial charge in [-0.05, 0) is 78.9 Å². The number of aryl methyl sites for hydroxylation is 1. The minimum Gasteiger partial charge on any atom is -0.195 e. The topological polar surface area (TPSA) is 12.4 Å². The van der Waals surface area contributed by atoms with Crippen LogP contribution in [0.25, 0.3) is 0 Å². The summed E-state index contributed by atoms with van der Waals surface area (Å²) in [5, 5.41) is 2.38. The van der Waals surface area contributed by atoms with E-state index in [1.165, 1.54) is 56.9 Å². The van der Waals surface area contributed by atoms with E-state index in [1.54, 1.807) is 0 Å². The normalized spacial score (nSPS) is 18.6. The van der Waals surface area contributed by atoms with Gasteiger partial charge in [-0.25, -0.2) is 0 Å². The Morgan fingerprint density at radius 1 is 0.821 bits per heavy atom. The van der Waals surface area contributed by atoms with Crippen LogP contribution in [0, 0.1) is 23.7 Å². The van der Waals surface area contributed by atoms with Crippen molar-refractivity contribution in [1.29, 1.82) is 0 Å². The quantitative estimate of drug-likeness (QED) is 0.286. The van der Waals surface area contributed by atoms with E-state index in [4.69, 9.17) is 0 Å². The fraction of sp³-hybridized carbons (Fsp3) is 0.423. The number of benzene rings is 2. The lowest BCUT2D eigenvalue weighted by Crippen LogP contribution is -2.15. The molecule has 1 saturated carbocycles. The summed E-state index contributed by atoms with van der Waals surface area (Å²) in [5.41, 5.74) is 4.28. The van der Waals surface area contributed by atoms with Crippen molar-refractivity contribution >= 4 is 23.1 Å². The van der Waals surface area contributed by atoms with Gasteiger partial charge in [-0.1, -0.05) is 69.4 Å². The predicted molar refractivity (Wildman–Crippen MR) is 122 cm³/mol. The van der Waals surface area contributed by atoms with Gasteiger partial charge < -0.3 is 0 Å². The van der Waals surface area contributed by atoms with Gasteiger partial charge >= 0.3 is 0 Å². The average Bonchev–Trinajstić information content (AvgIpc) is 2.74.